The molecular formula is C56H68N7O13P. The van der Waals surface area contributed by atoms with E-state index in [0.717, 1.165) is 16.7 Å². The summed E-state index contributed by atoms with van der Waals surface area (Å²) in [5, 5.41) is 12.9. The van der Waals surface area contributed by atoms with Crippen LogP contribution in [0.1, 0.15) is 87.7 Å². The number of carbonyl (C=O) groups excluding carboxylic acids is 3. The van der Waals surface area contributed by atoms with E-state index in [1.165, 1.54) is 26.5 Å². The van der Waals surface area contributed by atoms with Gasteiger partial charge in [0, 0.05) is 6.92 Å². The Kier molecular flexibility index (Phi) is 20.2. The van der Waals surface area contributed by atoms with E-state index < -0.39 is 62.0 Å². The summed E-state index contributed by atoms with van der Waals surface area (Å²) in [6.07, 6.45) is -2.36. The van der Waals surface area contributed by atoms with E-state index in [2.05, 4.69) is 21.4 Å². The second-order valence-corrected chi connectivity index (χ2v) is 21.5. The normalized spacial score (nSPS) is 17.3. The van der Waals surface area contributed by atoms with Gasteiger partial charge in [0.2, 0.25) is 0 Å². The Morgan fingerprint density at radius 2 is 1.44 bits per heavy atom. The Morgan fingerprint density at radius 1 is 0.831 bits per heavy atom. The minimum absolute atomic E-state index is 0.000125. The van der Waals surface area contributed by atoms with Crippen LogP contribution in [0, 0.1) is 11.3 Å². The van der Waals surface area contributed by atoms with E-state index in [4.69, 9.17) is 47.4 Å². The number of ether oxygens (including phenoxy) is 8. The number of imidazole rings is 1. The summed E-state index contributed by atoms with van der Waals surface area (Å²) in [5.41, 5.74) is 1.85. The molecule has 2 N–H and O–H groups in total. The number of amides is 1. The fourth-order valence-corrected chi connectivity index (χ4v) is 12.9. The summed E-state index contributed by atoms with van der Waals surface area (Å²) in [4.78, 5) is 64.0. The zero-order chi connectivity index (χ0) is 55.1. The third-order valence-electron chi connectivity index (χ3n) is 13.0. The fourth-order valence-electron chi connectivity index (χ4n) is 9.68. The van der Waals surface area contributed by atoms with E-state index in [1.54, 1.807) is 43.1 Å². The van der Waals surface area contributed by atoms with Gasteiger partial charge >= 0.3 is 421 Å². The predicted molar refractivity (Wildman–Crippen MR) is 287 cm³/mol. The Morgan fingerprint density at radius 3 is 2.01 bits per heavy atom. The number of hydrogen-bond donors (Lipinski definition) is 2. The van der Waals surface area contributed by atoms with Crippen molar-refractivity contribution in [3.8, 4) is 17.6 Å². The summed E-state index contributed by atoms with van der Waals surface area (Å²) in [7, 11) is -0.960. The monoisotopic (exact) mass is 1080 g/mol. The van der Waals surface area contributed by atoms with Crippen LogP contribution in [0.5, 0.6) is 11.5 Å². The van der Waals surface area contributed by atoms with Crippen molar-refractivity contribution in [2.45, 2.75) is 103 Å². The molecule has 0 bridgehead atoms. The van der Waals surface area contributed by atoms with Crippen LogP contribution in [0.4, 0.5) is 5.82 Å². The van der Waals surface area contributed by atoms with Gasteiger partial charge in [-0.15, -0.1) is 0 Å². The number of nitriles is 1. The molecule has 1 aliphatic rings. The summed E-state index contributed by atoms with van der Waals surface area (Å²) in [5.74, 6) is -0.101. The van der Waals surface area contributed by atoms with Crippen LogP contribution >= 0.6 is 7.87 Å². The average molecular weight is 1080 g/mol. The Hall–Kier alpha value is -6.92. The number of esters is 2. The molecule has 0 saturated carbocycles. The molecule has 77 heavy (non-hydrogen) atoms. The number of rotatable bonds is 27. The SMILES string of the molecule is COc1ccc(C(OC[C@H]2O[C@@H](n3cnc4c(NC(=O)c5ccccc5)ncnc43)[C@H](OCOCCC(COC(C)=O)OC(C)=O)[C@@H]2O[PH](O)(CCC#N)N(C(C)C)C(C)C)(c2ccccc2)c2ccc(OC)cc2)cc1. The van der Waals surface area contributed by atoms with Gasteiger partial charge in [-0.3, -0.25) is 4.79 Å². The van der Waals surface area contributed by atoms with Crippen molar-refractivity contribution in [3.63, 3.8) is 0 Å². The molecule has 4 aromatic carbocycles. The molecule has 1 amide bonds. The Bertz CT molecular complexity index is 2850. The molecule has 7 rings (SSSR count). The van der Waals surface area contributed by atoms with Crippen LogP contribution in [-0.2, 0) is 48.1 Å². The van der Waals surface area contributed by atoms with Gasteiger partial charge in [-0.25, -0.2) is 0 Å². The first-order valence-electron chi connectivity index (χ1n) is 25.4. The summed E-state index contributed by atoms with van der Waals surface area (Å²) < 4.78 is 60.0. The van der Waals surface area contributed by atoms with Crippen molar-refractivity contribution >= 4 is 42.7 Å². The predicted octanol–water partition coefficient (Wildman–Crippen LogP) is 8.15. The molecule has 0 aliphatic carbocycles. The topological polar surface area (TPSA) is 237 Å². The van der Waals surface area contributed by atoms with E-state index >= 15 is 0 Å². The van der Waals surface area contributed by atoms with E-state index in [1.807, 2.05) is 117 Å². The van der Waals surface area contributed by atoms with Crippen molar-refractivity contribution in [1.82, 2.24) is 24.2 Å². The van der Waals surface area contributed by atoms with Crippen LogP contribution in [-0.4, -0.2) is 130 Å². The first kappa shape index (κ1) is 57.8. The molecule has 1 saturated heterocycles. The van der Waals surface area contributed by atoms with E-state index in [-0.39, 0.29) is 74.7 Å². The van der Waals surface area contributed by atoms with Gasteiger partial charge in [0.25, 0.3) is 0 Å². The Balaban J connectivity index is 1.36. The molecule has 2 aromatic heterocycles. The molecule has 3 heterocycles. The van der Waals surface area contributed by atoms with Crippen molar-refractivity contribution in [3.05, 3.63) is 144 Å². The number of aromatic nitrogens is 4. The molecular weight excluding hydrogens is 1010 g/mol. The number of anilines is 1. The zero-order valence-electron chi connectivity index (χ0n) is 44.6. The second kappa shape index (κ2) is 26.9. The van der Waals surface area contributed by atoms with Crippen molar-refractivity contribution in [1.29, 1.82) is 5.26 Å². The molecule has 0 radical (unpaired) electrons. The van der Waals surface area contributed by atoms with Gasteiger partial charge in [0.1, 0.15) is 0 Å². The number of benzene rings is 4. The number of nitrogens with zero attached hydrogens (tertiary/aromatic N) is 6. The van der Waals surface area contributed by atoms with E-state index in [0.29, 0.717) is 17.1 Å². The number of hydrogen-bond acceptors (Lipinski definition) is 18. The van der Waals surface area contributed by atoms with Gasteiger partial charge in [-0.1, -0.05) is 18.2 Å². The zero-order valence-corrected chi connectivity index (χ0v) is 45.6. The number of methoxy groups -OCH3 is 2. The molecule has 21 heteroatoms. The molecule has 1 unspecified atom stereocenters. The first-order valence-corrected chi connectivity index (χ1v) is 27.4. The molecule has 0 spiro atoms. The molecule has 20 nitrogen and oxygen atoms in total. The van der Waals surface area contributed by atoms with Gasteiger partial charge in [0.15, 0.2) is 0 Å². The van der Waals surface area contributed by atoms with Crippen LogP contribution in [0.2, 0.25) is 0 Å². The molecule has 410 valence electrons. The third kappa shape index (κ3) is 14.0. The number of carbonyl (C=O) groups is 3. The van der Waals surface area contributed by atoms with Crippen LogP contribution < -0.4 is 14.8 Å². The van der Waals surface area contributed by atoms with E-state index in [9.17, 15) is 24.5 Å². The van der Waals surface area contributed by atoms with Crippen molar-refractivity contribution < 1.29 is 61.7 Å². The van der Waals surface area contributed by atoms with Crippen LogP contribution in [0.3, 0.4) is 0 Å². The third-order valence-corrected chi connectivity index (χ3v) is 16.4. The van der Waals surface area contributed by atoms with Gasteiger partial charge in [-0.2, -0.15) is 0 Å². The minimum atomic E-state index is -4.15. The molecule has 5 atom stereocenters. The maximum absolute atomic E-state index is 13.5. The van der Waals surface area contributed by atoms with Crippen LogP contribution in [0.25, 0.3) is 11.2 Å². The number of fused-ring (bicyclic) bond motifs is 1. The quantitative estimate of drug-likeness (QED) is 0.0163. The summed E-state index contributed by atoms with van der Waals surface area (Å²) >= 11 is 0. The standard InChI is InChI=1S/C56H68N7O13P/c1-37(2)63(38(3)4)77(67,31-15-29-57)76-50-48(33-73-56(42-18-13-10-14-19-42,43-20-24-45(68-7)25-21-43)44-22-26-46(69-8)27-23-44)75-55(51(50)72-36-70-30-28-47(74-40(6)65)32-71-39(5)64)62-35-60-49-52(58-34-59-53(49)62)61-54(66)41-16-11-9-12-17-41/h9-14,16-27,34-35,37-38,47-48,50-51,55,67,77H,15,28,30-33,36H2,1-8H3,(H,58,59,61,66)/t47?,48-,50-,51-,55-/m1/s1. The average Bonchev–Trinajstić information content (AvgIpc) is 4.01. The summed E-state index contributed by atoms with van der Waals surface area (Å²) in [6.45, 7) is 9.60. The van der Waals surface area contributed by atoms with Gasteiger partial charge in [-0.05, 0) is 0 Å². The van der Waals surface area contributed by atoms with Crippen LogP contribution in [0.15, 0.2) is 122 Å². The molecule has 1 fully saturated rings. The maximum atomic E-state index is 13.5. The van der Waals surface area contributed by atoms with Gasteiger partial charge in [0.05, 0.1) is 0 Å². The molecule has 1 aliphatic heterocycles. The first-order chi connectivity index (χ1) is 37.1. The van der Waals surface area contributed by atoms with Crippen molar-refractivity contribution in [2.75, 3.05) is 52.3 Å². The fraction of sp³-hybridized carbons (Fsp3) is 0.411. The Labute approximate surface area is 449 Å². The second-order valence-electron chi connectivity index (χ2n) is 18.8. The number of nitrogens with one attached hydrogen (secondary N) is 1. The summed E-state index contributed by atoms with van der Waals surface area (Å²) in [6, 6.07) is 35.3. The van der Waals surface area contributed by atoms with Gasteiger partial charge < -0.3 is 0 Å². The molecule has 6 aromatic rings. The van der Waals surface area contributed by atoms with Crippen molar-refractivity contribution in [2.24, 2.45) is 0 Å².